The third kappa shape index (κ3) is 3.58. The summed E-state index contributed by atoms with van der Waals surface area (Å²) in [6.45, 7) is 7.11. The van der Waals surface area contributed by atoms with Gasteiger partial charge in [0.25, 0.3) is 0 Å². The highest BCUT2D eigenvalue weighted by Gasteiger charge is 2.15. The molecule has 1 aromatic rings. The molecule has 0 aliphatic heterocycles. The number of ether oxygens (including phenoxy) is 2. The van der Waals surface area contributed by atoms with Crippen LogP contribution in [0.3, 0.4) is 0 Å². The van der Waals surface area contributed by atoms with Crippen molar-refractivity contribution in [1.29, 1.82) is 0 Å². The fraction of sp³-hybridized carbons (Fsp3) is 0.467. The first-order chi connectivity index (χ1) is 8.63. The molecule has 0 saturated carbocycles. The number of halogens is 1. The van der Waals surface area contributed by atoms with Crippen LogP contribution in [0.5, 0.6) is 11.5 Å². The van der Waals surface area contributed by atoms with Crippen LogP contribution in [-0.4, -0.2) is 13.2 Å². The molecule has 0 aliphatic rings. The molecule has 0 fully saturated rings. The lowest BCUT2D eigenvalue weighted by Crippen LogP contribution is -2.02. The van der Waals surface area contributed by atoms with Gasteiger partial charge in [-0.2, -0.15) is 0 Å². The van der Waals surface area contributed by atoms with Crippen molar-refractivity contribution in [1.82, 2.24) is 0 Å². The van der Waals surface area contributed by atoms with Crippen molar-refractivity contribution in [2.24, 2.45) is 0 Å². The Morgan fingerprint density at radius 1 is 1.22 bits per heavy atom. The van der Waals surface area contributed by atoms with E-state index in [4.69, 9.17) is 27.5 Å². The minimum atomic E-state index is 0.213. The second-order valence-electron chi connectivity index (χ2n) is 4.00. The van der Waals surface area contributed by atoms with Crippen molar-refractivity contribution >= 4 is 11.6 Å². The molecule has 0 bridgehead atoms. The molecule has 1 unspecified atom stereocenters. The van der Waals surface area contributed by atoms with Crippen molar-refractivity contribution in [2.45, 2.75) is 33.1 Å². The summed E-state index contributed by atoms with van der Waals surface area (Å²) < 4.78 is 11.1. The molecule has 0 amide bonds. The van der Waals surface area contributed by atoms with E-state index in [0.717, 1.165) is 11.3 Å². The van der Waals surface area contributed by atoms with Gasteiger partial charge in [-0.25, -0.2) is 0 Å². The monoisotopic (exact) mass is 266 g/mol. The van der Waals surface area contributed by atoms with E-state index >= 15 is 0 Å². The topological polar surface area (TPSA) is 18.5 Å². The molecule has 98 valence electrons. The minimum Gasteiger partial charge on any atom is -0.493 e. The van der Waals surface area contributed by atoms with Crippen molar-refractivity contribution in [3.63, 3.8) is 0 Å². The SMILES string of the molecule is C#CCC(C)c1cc(Cl)c(OCC)cc1OCC. The van der Waals surface area contributed by atoms with Crippen LogP contribution < -0.4 is 9.47 Å². The summed E-state index contributed by atoms with van der Waals surface area (Å²) in [5, 5.41) is 0.596. The predicted molar refractivity (Wildman–Crippen MR) is 75.7 cm³/mol. The van der Waals surface area contributed by atoms with Crippen LogP contribution in [0.4, 0.5) is 0 Å². The molecule has 0 radical (unpaired) electrons. The molecular formula is C15H19ClO2. The maximum Gasteiger partial charge on any atom is 0.141 e. The van der Waals surface area contributed by atoms with E-state index in [1.807, 2.05) is 26.0 Å². The normalized spacial score (nSPS) is 11.7. The summed E-state index contributed by atoms with van der Waals surface area (Å²) in [6, 6.07) is 3.73. The Labute approximate surface area is 114 Å². The van der Waals surface area contributed by atoms with Crippen LogP contribution >= 0.6 is 11.6 Å². The highest BCUT2D eigenvalue weighted by atomic mass is 35.5. The zero-order valence-electron chi connectivity index (χ0n) is 11.1. The fourth-order valence-corrected chi connectivity index (χ4v) is 2.00. The number of hydrogen-bond donors (Lipinski definition) is 0. The highest BCUT2D eigenvalue weighted by Crippen LogP contribution is 2.37. The zero-order chi connectivity index (χ0) is 13.5. The van der Waals surface area contributed by atoms with E-state index in [1.54, 1.807) is 0 Å². The maximum absolute atomic E-state index is 6.19. The van der Waals surface area contributed by atoms with Gasteiger partial charge in [-0.05, 0) is 31.4 Å². The molecule has 0 spiro atoms. The van der Waals surface area contributed by atoms with Crippen LogP contribution in [0, 0.1) is 12.3 Å². The summed E-state index contributed by atoms with van der Waals surface area (Å²) in [5.74, 6) is 4.33. The van der Waals surface area contributed by atoms with Crippen molar-refractivity contribution in [3.05, 3.63) is 22.7 Å². The van der Waals surface area contributed by atoms with Crippen molar-refractivity contribution in [3.8, 4) is 23.8 Å². The van der Waals surface area contributed by atoms with Gasteiger partial charge in [-0.3, -0.25) is 0 Å². The number of hydrogen-bond acceptors (Lipinski definition) is 2. The lowest BCUT2D eigenvalue weighted by Gasteiger charge is -2.17. The van der Waals surface area contributed by atoms with Crippen LogP contribution in [0.25, 0.3) is 0 Å². The Kier molecular flexibility index (Phi) is 5.88. The number of benzene rings is 1. The van der Waals surface area contributed by atoms with Gasteiger partial charge >= 0.3 is 0 Å². The second-order valence-corrected chi connectivity index (χ2v) is 4.40. The Morgan fingerprint density at radius 2 is 1.83 bits per heavy atom. The maximum atomic E-state index is 6.19. The average molecular weight is 267 g/mol. The van der Waals surface area contributed by atoms with Gasteiger partial charge in [0.1, 0.15) is 11.5 Å². The Morgan fingerprint density at radius 3 is 2.39 bits per heavy atom. The minimum absolute atomic E-state index is 0.213. The molecule has 1 rings (SSSR count). The van der Waals surface area contributed by atoms with Gasteiger partial charge < -0.3 is 9.47 Å². The molecule has 0 heterocycles. The highest BCUT2D eigenvalue weighted by molar-refractivity contribution is 6.32. The third-order valence-corrected chi connectivity index (χ3v) is 2.91. The third-order valence-electron chi connectivity index (χ3n) is 2.62. The van der Waals surface area contributed by atoms with Crippen LogP contribution in [0.2, 0.25) is 5.02 Å². The molecule has 0 saturated heterocycles. The Balaban J connectivity index is 3.15. The van der Waals surface area contributed by atoms with Gasteiger partial charge in [0.2, 0.25) is 0 Å². The fourth-order valence-electron chi connectivity index (χ4n) is 1.77. The Bertz CT molecular complexity index is 435. The lowest BCUT2D eigenvalue weighted by molar-refractivity contribution is 0.319. The summed E-state index contributed by atoms with van der Waals surface area (Å²) in [7, 11) is 0. The standard InChI is InChI=1S/C15H19ClO2/c1-5-8-11(4)12-9-13(16)15(18-7-3)10-14(12)17-6-2/h1,9-11H,6-8H2,2-4H3. The van der Waals surface area contributed by atoms with Gasteiger partial charge in [0.05, 0.1) is 18.2 Å². The second kappa shape index (κ2) is 7.18. The summed E-state index contributed by atoms with van der Waals surface area (Å²) in [6.07, 6.45) is 6.02. The van der Waals surface area contributed by atoms with E-state index in [0.29, 0.717) is 30.4 Å². The van der Waals surface area contributed by atoms with E-state index in [2.05, 4.69) is 12.8 Å². The molecule has 0 N–H and O–H groups in total. The lowest BCUT2D eigenvalue weighted by atomic mass is 9.97. The molecule has 0 aromatic heterocycles. The van der Waals surface area contributed by atoms with Crippen molar-refractivity contribution < 1.29 is 9.47 Å². The predicted octanol–water partition coefficient (Wildman–Crippen LogP) is 4.26. The molecule has 1 aromatic carbocycles. The number of terminal acetylenes is 1. The van der Waals surface area contributed by atoms with Crippen molar-refractivity contribution in [2.75, 3.05) is 13.2 Å². The van der Waals surface area contributed by atoms with Gasteiger partial charge in [-0.1, -0.05) is 18.5 Å². The molecule has 3 heteroatoms. The first-order valence-electron chi connectivity index (χ1n) is 6.16. The average Bonchev–Trinajstić information content (AvgIpc) is 2.34. The first-order valence-corrected chi connectivity index (χ1v) is 6.54. The molecule has 2 nitrogen and oxygen atoms in total. The molecule has 0 aliphatic carbocycles. The van der Waals surface area contributed by atoms with Gasteiger partial charge in [0.15, 0.2) is 0 Å². The molecule has 1 atom stereocenters. The van der Waals surface area contributed by atoms with Crippen LogP contribution in [0.15, 0.2) is 12.1 Å². The summed E-state index contributed by atoms with van der Waals surface area (Å²) >= 11 is 6.19. The summed E-state index contributed by atoms with van der Waals surface area (Å²) in [4.78, 5) is 0. The van der Waals surface area contributed by atoms with E-state index in [-0.39, 0.29) is 5.92 Å². The van der Waals surface area contributed by atoms with Crippen LogP contribution in [-0.2, 0) is 0 Å². The first kappa shape index (κ1) is 14.7. The largest absolute Gasteiger partial charge is 0.493 e. The zero-order valence-corrected chi connectivity index (χ0v) is 11.9. The van der Waals surface area contributed by atoms with E-state index in [9.17, 15) is 0 Å². The quantitative estimate of drug-likeness (QED) is 0.716. The number of rotatable bonds is 6. The Hall–Kier alpha value is -1.33. The molecule has 18 heavy (non-hydrogen) atoms. The van der Waals surface area contributed by atoms with Crippen LogP contribution in [0.1, 0.15) is 38.7 Å². The van der Waals surface area contributed by atoms with E-state index in [1.165, 1.54) is 0 Å². The van der Waals surface area contributed by atoms with E-state index < -0.39 is 0 Å². The summed E-state index contributed by atoms with van der Waals surface area (Å²) in [5.41, 5.74) is 1.03. The smallest absolute Gasteiger partial charge is 0.141 e. The molecular weight excluding hydrogens is 248 g/mol. The van der Waals surface area contributed by atoms with Gasteiger partial charge in [-0.15, -0.1) is 12.3 Å². The van der Waals surface area contributed by atoms with Gasteiger partial charge in [0, 0.05) is 12.5 Å².